The average Bonchev–Trinajstić information content (AvgIpc) is 3.04. The molecule has 0 spiro atoms. The number of carboxylic acids is 1. The Morgan fingerprint density at radius 1 is 1.15 bits per heavy atom. The Hall–Kier alpha value is -2.88. The zero-order valence-electron chi connectivity index (χ0n) is 13.5. The number of aliphatic carboxylic acids is 1. The highest BCUT2D eigenvalue weighted by atomic mass is 127. The van der Waals surface area contributed by atoms with Crippen LogP contribution in [0.2, 0.25) is 0 Å². The first-order valence-electron chi connectivity index (χ1n) is 7.78. The summed E-state index contributed by atoms with van der Waals surface area (Å²) in [5, 5.41) is 10.6. The molecule has 0 bridgehead atoms. The van der Waals surface area contributed by atoms with E-state index < -0.39 is 5.97 Å². The van der Waals surface area contributed by atoms with E-state index in [4.69, 9.17) is 16.6 Å². The molecular weight excluding hydrogens is 445 g/mol. The van der Waals surface area contributed by atoms with Crippen molar-refractivity contribution in [2.45, 2.75) is 6.42 Å². The summed E-state index contributed by atoms with van der Waals surface area (Å²) in [4.78, 5) is 22.6. The fraction of sp³-hybridized carbons (Fsp3) is 0.0556. The number of carboxylic acid groups (broad SMARTS) is 1. The van der Waals surface area contributed by atoms with Gasteiger partial charge in [0.05, 0.1) is 22.8 Å². The summed E-state index contributed by atoms with van der Waals surface area (Å²) in [6, 6.07) is 9.40. The van der Waals surface area contributed by atoms with Crippen LogP contribution in [0.4, 0.5) is 11.8 Å². The number of anilines is 2. The molecule has 2 heterocycles. The van der Waals surface area contributed by atoms with Crippen molar-refractivity contribution in [3.8, 4) is 11.1 Å². The Labute approximate surface area is 161 Å². The maximum absolute atomic E-state index is 10.9. The molecule has 6 N–H and O–H groups in total. The van der Waals surface area contributed by atoms with Gasteiger partial charge < -0.3 is 21.6 Å². The van der Waals surface area contributed by atoms with Crippen LogP contribution in [0.15, 0.2) is 36.5 Å². The largest absolute Gasteiger partial charge is 0.481 e. The van der Waals surface area contributed by atoms with Gasteiger partial charge in [-0.3, -0.25) is 4.79 Å². The van der Waals surface area contributed by atoms with E-state index in [1.54, 1.807) is 0 Å². The van der Waals surface area contributed by atoms with Crippen molar-refractivity contribution in [2.24, 2.45) is 0 Å². The number of carbonyl (C=O) groups is 1. The van der Waals surface area contributed by atoms with Crippen molar-refractivity contribution >= 4 is 62.1 Å². The molecule has 0 fully saturated rings. The van der Waals surface area contributed by atoms with Crippen LogP contribution in [0.5, 0.6) is 0 Å². The first-order valence-corrected chi connectivity index (χ1v) is 8.86. The van der Waals surface area contributed by atoms with Crippen molar-refractivity contribution in [3.63, 3.8) is 0 Å². The van der Waals surface area contributed by atoms with Crippen molar-refractivity contribution in [2.75, 3.05) is 11.5 Å². The minimum Gasteiger partial charge on any atom is -0.481 e. The molecule has 2 aromatic carbocycles. The van der Waals surface area contributed by atoms with Crippen LogP contribution in [0.3, 0.4) is 0 Å². The molecule has 2 aromatic heterocycles. The predicted octanol–water partition coefficient (Wildman–Crippen LogP) is 3.17. The normalized spacial score (nSPS) is 11.3. The fourth-order valence-electron chi connectivity index (χ4n) is 3.17. The molecule has 0 unspecified atom stereocenters. The second-order valence-electron chi connectivity index (χ2n) is 5.91. The molecule has 0 aliphatic rings. The number of halogens is 1. The lowest BCUT2D eigenvalue weighted by molar-refractivity contribution is -0.136. The molecule has 8 heteroatoms. The number of aromatic amines is 1. The quantitative estimate of drug-likeness (QED) is 0.348. The van der Waals surface area contributed by atoms with Gasteiger partial charge >= 0.3 is 5.97 Å². The SMILES string of the molecule is Nc1nc(N)c2c(n1)c(I)c(-c1ccc(CC(=O)O)cc1)c1[nH]ccc12. The molecule has 0 amide bonds. The van der Waals surface area contributed by atoms with Crippen molar-refractivity contribution in [1.82, 2.24) is 15.0 Å². The monoisotopic (exact) mass is 459 g/mol. The van der Waals surface area contributed by atoms with Crippen LogP contribution in [-0.4, -0.2) is 26.0 Å². The van der Waals surface area contributed by atoms with Gasteiger partial charge in [-0.15, -0.1) is 0 Å². The lowest BCUT2D eigenvalue weighted by atomic mass is 9.98. The predicted molar refractivity (Wildman–Crippen MR) is 110 cm³/mol. The van der Waals surface area contributed by atoms with Gasteiger partial charge in [-0.25, -0.2) is 4.98 Å². The van der Waals surface area contributed by atoms with Crippen LogP contribution < -0.4 is 11.5 Å². The Morgan fingerprint density at radius 3 is 2.58 bits per heavy atom. The summed E-state index contributed by atoms with van der Waals surface area (Å²) in [6.45, 7) is 0. The molecular formula is C18H14IN5O2. The topological polar surface area (TPSA) is 131 Å². The van der Waals surface area contributed by atoms with E-state index in [0.29, 0.717) is 11.3 Å². The highest BCUT2D eigenvalue weighted by Crippen LogP contribution is 2.40. The molecule has 26 heavy (non-hydrogen) atoms. The Balaban J connectivity index is 2.01. The molecule has 0 aliphatic carbocycles. The van der Waals surface area contributed by atoms with Gasteiger partial charge in [-0.1, -0.05) is 24.3 Å². The van der Waals surface area contributed by atoms with Crippen LogP contribution in [-0.2, 0) is 11.2 Å². The smallest absolute Gasteiger partial charge is 0.307 e. The summed E-state index contributed by atoms with van der Waals surface area (Å²) in [7, 11) is 0. The summed E-state index contributed by atoms with van der Waals surface area (Å²) >= 11 is 2.23. The van der Waals surface area contributed by atoms with Gasteiger partial charge in [0.25, 0.3) is 0 Å². The second kappa shape index (κ2) is 6.13. The molecule has 130 valence electrons. The maximum Gasteiger partial charge on any atom is 0.307 e. The van der Waals surface area contributed by atoms with Gasteiger partial charge in [0, 0.05) is 20.7 Å². The Morgan fingerprint density at radius 2 is 1.88 bits per heavy atom. The third-order valence-electron chi connectivity index (χ3n) is 4.25. The first kappa shape index (κ1) is 16.6. The van der Waals surface area contributed by atoms with Crippen LogP contribution in [0.1, 0.15) is 5.56 Å². The number of hydrogen-bond acceptors (Lipinski definition) is 5. The van der Waals surface area contributed by atoms with Crippen molar-refractivity contribution in [1.29, 1.82) is 0 Å². The summed E-state index contributed by atoms with van der Waals surface area (Å²) in [5.74, 6) is -0.378. The number of aromatic nitrogens is 3. The van der Waals surface area contributed by atoms with Crippen LogP contribution in [0.25, 0.3) is 32.9 Å². The van der Waals surface area contributed by atoms with Gasteiger partial charge in [0.2, 0.25) is 5.95 Å². The van der Waals surface area contributed by atoms with Gasteiger partial charge in [-0.2, -0.15) is 4.98 Å². The highest BCUT2D eigenvalue weighted by Gasteiger charge is 2.19. The van der Waals surface area contributed by atoms with Gasteiger partial charge in [-0.05, 0) is 39.8 Å². The average molecular weight is 459 g/mol. The third kappa shape index (κ3) is 2.62. The number of H-pyrrole nitrogens is 1. The number of hydrogen-bond donors (Lipinski definition) is 4. The summed E-state index contributed by atoms with van der Waals surface area (Å²) in [5.41, 5.74) is 16.2. The lowest BCUT2D eigenvalue weighted by Gasteiger charge is -2.13. The highest BCUT2D eigenvalue weighted by molar-refractivity contribution is 14.1. The Bertz CT molecular complexity index is 1170. The number of nitrogens with zero attached hydrogens (tertiary/aromatic N) is 2. The molecule has 4 aromatic rings. The number of fused-ring (bicyclic) bond motifs is 3. The van der Waals surface area contributed by atoms with E-state index >= 15 is 0 Å². The maximum atomic E-state index is 10.9. The van der Waals surface area contributed by atoms with E-state index in [1.165, 1.54) is 0 Å². The van der Waals surface area contributed by atoms with Gasteiger partial charge in [0.15, 0.2) is 0 Å². The number of nitrogens with two attached hydrogens (primary N) is 2. The molecule has 0 saturated heterocycles. The fourth-order valence-corrected chi connectivity index (χ4v) is 4.14. The second-order valence-corrected chi connectivity index (χ2v) is 6.99. The van der Waals surface area contributed by atoms with Crippen LogP contribution >= 0.6 is 22.6 Å². The molecule has 0 atom stereocenters. The van der Waals surface area contributed by atoms with Gasteiger partial charge in [0.1, 0.15) is 5.82 Å². The molecule has 0 aliphatic heterocycles. The summed E-state index contributed by atoms with van der Waals surface area (Å²) < 4.78 is 0.902. The van der Waals surface area contributed by atoms with Crippen LogP contribution in [0, 0.1) is 3.57 Å². The lowest BCUT2D eigenvalue weighted by Crippen LogP contribution is -2.03. The van der Waals surface area contributed by atoms with Crippen molar-refractivity contribution < 1.29 is 9.90 Å². The van der Waals surface area contributed by atoms with E-state index in [0.717, 1.165) is 36.5 Å². The van der Waals surface area contributed by atoms with E-state index in [2.05, 4.69) is 37.5 Å². The third-order valence-corrected chi connectivity index (χ3v) is 5.30. The van der Waals surface area contributed by atoms with E-state index in [9.17, 15) is 4.79 Å². The number of benzene rings is 2. The zero-order chi connectivity index (χ0) is 18.4. The molecule has 4 rings (SSSR count). The Kier molecular flexibility index (Phi) is 3.91. The number of nitrogens with one attached hydrogen (secondary N) is 1. The summed E-state index contributed by atoms with van der Waals surface area (Å²) in [6.07, 6.45) is 1.84. The van der Waals surface area contributed by atoms with Crippen molar-refractivity contribution in [3.05, 3.63) is 45.7 Å². The zero-order valence-corrected chi connectivity index (χ0v) is 15.6. The first-order chi connectivity index (χ1) is 12.5. The molecule has 0 saturated carbocycles. The van der Waals surface area contributed by atoms with E-state index in [1.807, 2.05) is 36.5 Å². The minimum absolute atomic E-state index is 0.00665. The number of nitrogen functional groups attached to an aromatic ring is 2. The number of rotatable bonds is 3. The standard InChI is InChI=1S/C18H14IN5O2/c19-14-12(9-3-1-8(2-4-9)7-11(25)26)15-10(5-6-22-15)13-16(14)23-18(21)24-17(13)20/h1-6,22H,7H2,(H,25,26)(H4,20,21,23,24). The minimum atomic E-state index is -0.854. The van der Waals surface area contributed by atoms with E-state index in [-0.39, 0.29) is 12.4 Å². The molecule has 7 nitrogen and oxygen atoms in total. The molecule has 0 radical (unpaired) electrons.